The monoisotopic (exact) mass is 186 g/mol. The van der Waals surface area contributed by atoms with E-state index in [2.05, 4.69) is 10.2 Å². The van der Waals surface area contributed by atoms with E-state index < -0.39 is 0 Å². The molecular weight excluding hydrogens is 164 g/mol. The van der Waals surface area contributed by atoms with Crippen molar-refractivity contribution in [2.24, 2.45) is 0 Å². The van der Waals surface area contributed by atoms with E-state index in [1.54, 1.807) is 0 Å². The van der Waals surface area contributed by atoms with Crippen LogP contribution in [0.1, 0.15) is 20.3 Å². The van der Waals surface area contributed by atoms with Gasteiger partial charge >= 0.3 is 0 Å². The van der Waals surface area contributed by atoms with Crippen LogP contribution < -0.4 is 5.32 Å². The quantitative estimate of drug-likeness (QED) is 0.652. The Morgan fingerprint density at radius 3 is 2.54 bits per heavy atom. The lowest BCUT2D eigenvalue weighted by Crippen LogP contribution is -2.57. The van der Waals surface area contributed by atoms with E-state index in [0.717, 1.165) is 25.8 Å². The molecule has 2 aliphatic heterocycles. The molecule has 2 aliphatic rings. The first kappa shape index (κ1) is 11.0. The standard InChI is InChI=1S/C8H16N2O.C2H6/c1-2-10(3-5-11-4-1)8-6-9-7-8;1-2/h8-9H,1-7H2;1-2H3. The van der Waals surface area contributed by atoms with Crippen LogP contribution in [0.3, 0.4) is 0 Å². The third-order valence-electron chi connectivity index (χ3n) is 2.53. The van der Waals surface area contributed by atoms with Crippen molar-refractivity contribution in [3.8, 4) is 0 Å². The third-order valence-corrected chi connectivity index (χ3v) is 2.53. The molecule has 0 aromatic rings. The average Bonchev–Trinajstić information content (AvgIpc) is 2.34. The zero-order chi connectivity index (χ0) is 9.52. The van der Waals surface area contributed by atoms with Crippen LogP contribution in [-0.2, 0) is 4.74 Å². The predicted molar refractivity (Wildman–Crippen MR) is 55.0 cm³/mol. The van der Waals surface area contributed by atoms with Crippen molar-refractivity contribution in [1.29, 1.82) is 0 Å². The van der Waals surface area contributed by atoms with Gasteiger partial charge in [-0.05, 0) is 6.42 Å². The fraction of sp³-hybridized carbons (Fsp3) is 1.00. The van der Waals surface area contributed by atoms with Crippen molar-refractivity contribution in [3.05, 3.63) is 0 Å². The van der Waals surface area contributed by atoms with Gasteiger partial charge in [0.15, 0.2) is 0 Å². The van der Waals surface area contributed by atoms with Gasteiger partial charge in [-0.15, -0.1) is 0 Å². The smallest absolute Gasteiger partial charge is 0.0593 e. The first-order valence-electron chi connectivity index (χ1n) is 5.49. The highest BCUT2D eigenvalue weighted by atomic mass is 16.5. The van der Waals surface area contributed by atoms with Crippen molar-refractivity contribution < 1.29 is 4.74 Å². The van der Waals surface area contributed by atoms with Crippen LogP contribution in [0.5, 0.6) is 0 Å². The lowest BCUT2D eigenvalue weighted by molar-refractivity contribution is 0.116. The summed E-state index contributed by atoms with van der Waals surface area (Å²) in [5.41, 5.74) is 0. The largest absolute Gasteiger partial charge is 0.380 e. The Labute approximate surface area is 81.4 Å². The summed E-state index contributed by atoms with van der Waals surface area (Å²) >= 11 is 0. The summed E-state index contributed by atoms with van der Waals surface area (Å²) < 4.78 is 5.38. The molecule has 2 rings (SSSR count). The second-order valence-electron chi connectivity index (χ2n) is 3.31. The number of ether oxygens (including phenoxy) is 1. The highest BCUT2D eigenvalue weighted by molar-refractivity contribution is 4.84. The van der Waals surface area contributed by atoms with Crippen molar-refractivity contribution in [2.45, 2.75) is 26.3 Å². The number of nitrogens with zero attached hydrogens (tertiary/aromatic N) is 1. The molecule has 3 heteroatoms. The summed E-state index contributed by atoms with van der Waals surface area (Å²) in [4.78, 5) is 2.55. The predicted octanol–water partition coefficient (Wildman–Crippen LogP) is 0.707. The van der Waals surface area contributed by atoms with Gasteiger partial charge in [0, 0.05) is 38.8 Å². The van der Waals surface area contributed by atoms with Gasteiger partial charge in [-0.3, -0.25) is 4.90 Å². The Bertz CT molecular complexity index is 118. The molecule has 0 atom stereocenters. The molecule has 13 heavy (non-hydrogen) atoms. The number of hydrogen-bond donors (Lipinski definition) is 1. The van der Waals surface area contributed by atoms with Crippen LogP contribution in [0, 0.1) is 0 Å². The summed E-state index contributed by atoms with van der Waals surface area (Å²) in [6.45, 7) is 10.6. The van der Waals surface area contributed by atoms with Crippen molar-refractivity contribution in [3.63, 3.8) is 0 Å². The van der Waals surface area contributed by atoms with E-state index in [-0.39, 0.29) is 0 Å². The molecule has 0 aliphatic carbocycles. The van der Waals surface area contributed by atoms with Gasteiger partial charge in [0.25, 0.3) is 0 Å². The Hall–Kier alpha value is -0.120. The van der Waals surface area contributed by atoms with Gasteiger partial charge < -0.3 is 10.1 Å². The van der Waals surface area contributed by atoms with E-state index >= 15 is 0 Å². The highest BCUT2D eigenvalue weighted by Crippen LogP contribution is 2.07. The van der Waals surface area contributed by atoms with Gasteiger partial charge in [0.05, 0.1) is 6.61 Å². The molecule has 78 valence electrons. The summed E-state index contributed by atoms with van der Waals surface area (Å²) in [6, 6.07) is 0.802. The average molecular weight is 186 g/mol. The maximum Gasteiger partial charge on any atom is 0.0593 e. The minimum Gasteiger partial charge on any atom is -0.380 e. The molecular formula is C10H22N2O. The molecule has 0 spiro atoms. The first-order chi connectivity index (χ1) is 6.47. The van der Waals surface area contributed by atoms with Crippen LogP contribution in [0.2, 0.25) is 0 Å². The van der Waals surface area contributed by atoms with Crippen LogP contribution in [0.4, 0.5) is 0 Å². The van der Waals surface area contributed by atoms with E-state index in [1.807, 2.05) is 13.8 Å². The zero-order valence-corrected chi connectivity index (χ0v) is 8.88. The molecule has 0 radical (unpaired) electrons. The van der Waals surface area contributed by atoms with Gasteiger partial charge in [-0.2, -0.15) is 0 Å². The minimum absolute atomic E-state index is 0.802. The molecule has 2 saturated heterocycles. The molecule has 0 aromatic carbocycles. The van der Waals surface area contributed by atoms with Crippen LogP contribution in [-0.4, -0.2) is 50.3 Å². The van der Waals surface area contributed by atoms with Gasteiger partial charge in [-0.1, -0.05) is 13.8 Å². The highest BCUT2D eigenvalue weighted by Gasteiger charge is 2.24. The summed E-state index contributed by atoms with van der Waals surface area (Å²) in [6.07, 6.45) is 1.20. The third kappa shape index (κ3) is 3.25. The maximum atomic E-state index is 5.38. The lowest BCUT2D eigenvalue weighted by atomic mass is 10.1. The van der Waals surface area contributed by atoms with Crippen molar-refractivity contribution in [1.82, 2.24) is 10.2 Å². The molecule has 2 heterocycles. The van der Waals surface area contributed by atoms with Gasteiger partial charge in [0.1, 0.15) is 0 Å². The van der Waals surface area contributed by atoms with Gasteiger partial charge in [-0.25, -0.2) is 0 Å². The lowest BCUT2D eigenvalue weighted by Gasteiger charge is -2.37. The van der Waals surface area contributed by atoms with Crippen LogP contribution in [0.15, 0.2) is 0 Å². The molecule has 0 saturated carbocycles. The normalized spacial score (nSPS) is 25.4. The SMILES string of the molecule is C1COCCN(C2CNC2)C1.CC. The molecule has 2 fully saturated rings. The van der Waals surface area contributed by atoms with E-state index in [9.17, 15) is 0 Å². The van der Waals surface area contributed by atoms with Crippen molar-refractivity contribution >= 4 is 0 Å². The Morgan fingerprint density at radius 2 is 1.92 bits per heavy atom. The van der Waals surface area contributed by atoms with Crippen molar-refractivity contribution in [2.75, 3.05) is 39.4 Å². The summed E-state index contributed by atoms with van der Waals surface area (Å²) in [5, 5.41) is 3.30. The fourth-order valence-corrected chi connectivity index (χ4v) is 1.66. The molecule has 3 nitrogen and oxygen atoms in total. The Kier molecular flexibility index (Phi) is 5.35. The zero-order valence-electron chi connectivity index (χ0n) is 8.88. The molecule has 0 amide bonds. The fourth-order valence-electron chi connectivity index (χ4n) is 1.66. The Morgan fingerprint density at radius 1 is 1.15 bits per heavy atom. The van der Waals surface area contributed by atoms with E-state index in [1.165, 1.54) is 26.1 Å². The molecule has 1 N–H and O–H groups in total. The Balaban J connectivity index is 0.000000396. The number of rotatable bonds is 1. The second-order valence-corrected chi connectivity index (χ2v) is 3.31. The topological polar surface area (TPSA) is 24.5 Å². The van der Waals surface area contributed by atoms with E-state index in [0.29, 0.717) is 0 Å². The molecule has 0 bridgehead atoms. The molecule has 0 aromatic heterocycles. The van der Waals surface area contributed by atoms with Crippen LogP contribution >= 0.6 is 0 Å². The first-order valence-corrected chi connectivity index (χ1v) is 5.49. The number of hydrogen-bond acceptors (Lipinski definition) is 3. The van der Waals surface area contributed by atoms with E-state index in [4.69, 9.17) is 4.74 Å². The van der Waals surface area contributed by atoms with Crippen LogP contribution in [0.25, 0.3) is 0 Å². The molecule has 0 unspecified atom stereocenters. The summed E-state index contributed by atoms with van der Waals surface area (Å²) in [5.74, 6) is 0. The summed E-state index contributed by atoms with van der Waals surface area (Å²) in [7, 11) is 0. The maximum absolute atomic E-state index is 5.38. The second kappa shape index (κ2) is 6.35. The number of nitrogens with one attached hydrogen (secondary N) is 1. The van der Waals surface area contributed by atoms with Gasteiger partial charge in [0.2, 0.25) is 0 Å². The minimum atomic E-state index is 0.802.